The summed E-state index contributed by atoms with van der Waals surface area (Å²) >= 11 is 0. The maximum absolute atomic E-state index is 9.64. The number of fused-ring (bicyclic) bond motifs is 6. The minimum atomic E-state index is -0.144. The fraction of sp³-hybridized carbons (Fsp3) is 0.0833. The number of nitrogens with one attached hydrogen (secondary N) is 1. The van der Waals surface area contributed by atoms with E-state index >= 15 is 0 Å². The van der Waals surface area contributed by atoms with Crippen LogP contribution in [0.4, 0.5) is 0 Å². The Bertz CT molecular complexity index is 2050. The molecule has 1 aliphatic carbocycles. The third kappa shape index (κ3) is 3.38. The Labute approximate surface area is 232 Å². The zero-order valence-electron chi connectivity index (χ0n) is 21.9. The molecule has 0 amide bonds. The molecular formula is C36H26N4. The van der Waals surface area contributed by atoms with Gasteiger partial charge in [-0.3, -0.25) is 4.57 Å². The van der Waals surface area contributed by atoms with Gasteiger partial charge in [0.05, 0.1) is 33.9 Å². The summed E-state index contributed by atoms with van der Waals surface area (Å²) in [4.78, 5) is 0. The third-order valence-corrected chi connectivity index (χ3v) is 8.24. The van der Waals surface area contributed by atoms with Gasteiger partial charge < -0.3 is 9.88 Å². The molecule has 8 rings (SSSR count). The van der Waals surface area contributed by atoms with Crippen LogP contribution in [0.25, 0.3) is 50.2 Å². The Balaban J connectivity index is 1.40. The van der Waals surface area contributed by atoms with Gasteiger partial charge in [-0.25, -0.2) is 0 Å². The van der Waals surface area contributed by atoms with E-state index in [0.717, 1.165) is 29.8 Å². The van der Waals surface area contributed by atoms with Crippen LogP contribution in [0.5, 0.6) is 0 Å². The van der Waals surface area contributed by atoms with E-state index in [0.29, 0.717) is 5.56 Å². The van der Waals surface area contributed by atoms with E-state index in [1.165, 1.54) is 44.0 Å². The van der Waals surface area contributed by atoms with Crippen molar-refractivity contribution in [2.75, 3.05) is 0 Å². The van der Waals surface area contributed by atoms with Crippen molar-refractivity contribution < 1.29 is 0 Å². The highest BCUT2D eigenvalue weighted by molar-refractivity contribution is 6.08. The number of hydrogen-bond donors (Lipinski definition) is 1. The molecule has 0 spiro atoms. The maximum Gasteiger partial charge on any atom is 0.125 e. The van der Waals surface area contributed by atoms with Gasteiger partial charge in [0.1, 0.15) is 12.0 Å². The molecule has 3 heterocycles. The van der Waals surface area contributed by atoms with Gasteiger partial charge in [-0.2, -0.15) is 5.26 Å². The Morgan fingerprint density at radius 1 is 0.775 bits per heavy atom. The van der Waals surface area contributed by atoms with Crippen molar-refractivity contribution >= 4 is 50.2 Å². The molecule has 0 bridgehead atoms. The van der Waals surface area contributed by atoms with Crippen molar-refractivity contribution in [3.8, 4) is 6.07 Å². The Morgan fingerprint density at radius 3 is 2.23 bits per heavy atom. The van der Waals surface area contributed by atoms with Crippen molar-refractivity contribution in [2.24, 2.45) is 0 Å². The summed E-state index contributed by atoms with van der Waals surface area (Å²) in [6.45, 7) is 0. The lowest BCUT2D eigenvalue weighted by atomic mass is 10.00. The molecule has 2 aliphatic rings. The number of nitriles is 1. The molecule has 4 nitrogen and oxygen atoms in total. The highest BCUT2D eigenvalue weighted by atomic mass is 15.3. The first kappa shape index (κ1) is 22.7. The van der Waals surface area contributed by atoms with E-state index in [1.807, 2.05) is 18.2 Å². The maximum atomic E-state index is 9.64. The standard InChI is InChI=1S/C36H26N4/c37-23-24-10-9-11-25(20-24)26-21-35(39-31-16-5-1-12-27(31)28-13-2-6-17-32(28)39)38-36(22-26)40-33-18-7-3-14-29(33)30-15-4-8-19-34(30)40/h1-3,5-14,16-22,35,38H,4,15H2. The number of rotatable bonds is 3. The van der Waals surface area contributed by atoms with E-state index in [-0.39, 0.29) is 6.17 Å². The average molecular weight is 515 g/mol. The minimum absolute atomic E-state index is 0.144. The van der Waals surface area contributed by atoms with Crippen LogP contribution in [0.1, 0.15) is 35.0 Å². The summed E-state index contributed by atoms with van der Waals surface area (Å²) in [6, 6.07) is 36.2. The number of aromatic nitrogens is 2. The molecule has 190 valence electrons. The number of hydrogen-bond acceptors (Lipinski definition) is 2. The van der Waals surface area contributed by atoms with Crippen LogP contribution in [0.2, 0.25) is 0 Å². The summed E-state index contributed by atoms with van der Waals surface area (Å²) in [5.74, 6) is 1.02. The quantitative estimate of drug-likeness (QED) is 0.258. The zero-order chi connectivity index (χ0) is 26.6. The molecule has 40 heavy (non-hydrogen) atoms. The topological polar surface area (TPSA) is 45.7 Å². The lowest BCUT2D eigenvalue weighted by molar-refractivity contribution is 0.577. The molecule has 6 aromatic rings. The van der Waals surface area contributed by atoms with Crippen LogP contribution in [0.3, 0.4) is 0 Å². The van der Waals surface area contributed by atoms with Gasteiger partial charge in [0.25, 0.3) is 0 Å². The van der Waals surface area contributed by atoms with Crippen LogP contribution >= 0.6 is 0 Å². The molecule has 4 heteroatoms. The fourth-order valence-electron chi connectivity index (χ4n) is 6.52. The van der Waals surface area contributed by atoms with E-state index < -0.39 is 0 Å². The average Bonchev–Trinajstić information content (AvgIpc) is 3.54. The summed E-state index contributed by atoms with van der Waals surface area (Å²) in [5, 5.41) is 17.4. The molecule has 1 unspecified atom stereocenters. The largest absolute Gasteiger partial charge is 0.347 e. The van der Waals surface area contributed by atoms with E-state index in [4.69, 9.17) is 0 Å². The summed E-state index contributed by atoms with van der Waals surface area (Å²) in [7, 11) is 0. The Hall–Kier alpha value is -5.27. The fourth-order valence-corrected chi connectivity index (χ4v) is 6.52. The minimum Gasteiger partial charge on any atom is -0.347 e. The molecular weight excluding hydrogens is 488 g/mol. The van der Waals surface area contributed by atoms with E-state index in [9.17, 15) is 5.26 Å². The second kappa shape index (κ2) is 8.90. The number of aryl methyl sites for hydroxylation is 1. The molecule has 1 N–H and O–H groups in total. The van der Waals surface area contributed by atoms with Gasteiger partial charge in [0.2, 0.25) is 0 Å². The van der Waals surface area contributed by atoms with Crippen LogP contribution in [0, 0.1) is 11.3 Å². The molecule has 0 radical (unpaired) electrons. The van der Waals surface area contributed by atoms with Gasteiger partial charge in [-0.15, -0.1) is 0 Å². The monoisotopic (exact) mass is 514 g/mol. The predicted molar refractivity (Wildman–Crippen MR) is 164 cm³/mol. The third-order valence-electron chi connectivity index (χ3n) is 8.24. The SMILES string of the molecule is N#Cc1cccc(C2=CC(n3c4ccccc4c4ccccc43)NC(n3c4c(c5ccccc53)CCC=C4)=C2)c1. The molecule has 0 saturated carbocycles. The molecule has 1 atom stereocenters. The molecule has 2 aromatic heterocycles. The number of allylic oxidation sites excluding steroid dienone is 3. The van der Waals surface area contributed by atoms with Gasteiger partial charge in [-0.05, 0) is 78.1 Å². The highest BCUT2D eigenvalue weighted by Gasteiger charge is 2.25. The number of para-hydroxylation sites is 3. The summed E-state index contributed by atoms with van der Waals surface area (Å²) < 4.78 is 4.78. The second-order valence-electron chi connectivity index (χ2n) is 10.5. The summed E-state index contributed by atoms with van der Waals surface area (Å²) in [6.07, 6.45) is 11.0. The first-order valence-corrected chi connectivity index (χ1v) is 13.8. The highest BCUT2D eigenvalue weighted by Crippen LogP contribution is 2.38. The first-order valence-electron chi connectivity index (χ1n) is 13.8. The smallest absolute Gasteiger partial charge is 0.125 e. The lowest BCUT2D eigenvalue weighted by Crippen LogP contribution is -2.29. The van der Waals surface area contributed by atoms with Crippen LogP contribution in [0.15, 0.2) is 115 Å². The number of benzene rings is 4. The first-order chi connectivity index (χ1) is 19.8. The predicted octanol–water partition coefficient (Wildman–Crippen LogP) is 8.26. The summed E-state index contributed by atoms with van der Waals surface area (Å²) in [5.41, 5.74) is 8.98. The van der Waals surface area contributed by atoms with E-state index in [2.05, 4.69) is 124 Å². The molecule has 0 fully saturated rings. The Kier molecular flexibility index (Phi) is 5.05. The van der Waals surface area contributed by atoms with Gasteiger partial charge in [-0.1, -0.05) is 72.8 Å². The van der Waals surface area contributed by atoms with Crippen LogP contribution in [-0.4, -0.2) is 9.13 Å². The molecule has 1 aliphatic heterocycles. The van der Waals surface area contributed by atoms with Crippen molar-refractivity contribution in [3.05, 3.63) is 138 Å². The van der Waals surface area contributed by atoms with Crippen molar-refractivity contribution in [2.45, 2.75) is 19.0 Å². The van der Waals surface area contributed by atoms with E-state index in [1.54, 1.807) is 0 Å². The van der Waals surface area contributed by atoms with Crippen molar-refractivity contribution in [1.29, 1.82) is 5.26 Å². The number of dihydropyridines is 1. The second-order valence-corrected chi connectivity index (χ2v) is 10.5. The van der Waals surface area contributed by atoms with Crippen LogP contribution in [-0.2, 0) is 6.42 Å². The van der Waals surface area contributed by atoms with Crippen molar-refractivity contribution in [1.82, 2.24) is 14.5 Å². The molecule has 4 aromatic carbocycles. The Morgan fingerprint density at radius 2 is 1.48 bits per heavy atom. The van der Waals surface area contributed by atoms with Gasteiger partial charge in [0.15, 0.2) is 0 Å². The number of nitrogens with zero attached hydrogens (tertiary/aromatic N) is 3. The lowest BCUT2D eigenvalue weighted by Gasteiger charge is -2.29. The normalized spacial score (nSPS) is 16.4. The zero-order valence-corrected chi connectivity index (χ0v) is 21.9. The molecule has 0 saturated heterocycles. The van der Waals surface area contributed by atoms with Gasteiger partial charge >= 0.3 is 0 Å². The van der Waals surface area contributed by atoms with Gasteiger partial charge in [0, 0.05) is 16.2 Å². The van der Waals surface area contributed by atoms with Crippen LogP contribution < -0.4 is 5.32 Å². The van der Waals surface area contributed by atoms with Crippen molar-refractivity contribution in [3.63, 3.8) is 0 Å².